The number of hydrogen-bond donors (Lipinski definition) is 0. The molecule has 2 aliphatic heterocycles. The predicted molar refractivity (Wildman–Crippen MR) is 92.8 cm³/mol. The van der Waals surface area contributed by atoms with E-state index in [1.165, 1.54) is 11.1 Å². The predicted octanol–water partition coefficient (Wildman–Crippen LogP) is 1.69. The Bertz CT molecular complexity index is 577. The van der Waals surface area contributed by atoms with Gasteiger partial charge in [-0.25, -0.2) is 0 Å². The molecule has 2 fully saturated rings. The first kappa shape index (κ1) is 17.4. The quantitative estimate of drug-likeness (QED) is 0.823. The van der Waals surface area contributed by atoms with Crippen molar-refractivity contribution in [3.8, 4) is 0 Å². The Kier molecular flexibility index (Phi) is 5.54. The molecule has 1 atom stereocenters. The van der Waals surface area contributed by atoms with Crippen LogP contribution in [-0.2, 0) is 20.8 Å². The zero-order valence-corrected chi connectivity index (χ0v) is 14.8. The highest BCUT2D eigenvalue weighted by molar-refractivity contribution is 5.79. The van der Waals surface area contributed by atoms with Crippen molar-refractivity contribution < 1.29 is 14.3 Å². The third kappa shape index (κ3) is 4.15. The highest BCUT2D eigenvalue weighted by Gasteiger charge is 2.45. The van der Waals surface area contributed by atoms with Crippen LogP contribution in [0.15, 0.2) is 24.3 Å². The second kappa shape index (κ2) is 7.64. The summed E-state index contributed by atoms with van der Waals surface area (Å²) in [7, 11) is 1.68. The van der Waals surface area contributed by atoms with Crippen molar-refractivity contribution in [2.75, 3.05) is 53.1 Å². The van der Waals surface area contributed by atoms with Crippen LogP contribution in [-0.4, -0.2) is 68.8 Å². The lowest BCUT2D eigenvalue weighted by Gasteiger charge is -2.31. The van der Waals surface area contributed by atoms with Gasteiger partial charge in [-0.1, -0.05) is 29.8 Å². The minimum atomic E-state index is -0.0782. The summed E-state index contributed by atoms with van der Waals surface area (Å²) in [6.45, 7) is 8.33. The van der Waals surface area contributed by atoms with E-state index in [4.69, 9.17) is 9.47 Å². The molecule has 0 bridgehead atoms. The normalized spacial score (nSPS) is 25.4. The lowest BCUT2D eigenvalue weighted by Crippen LogP contribution is -2.40. The molecule has 0 unspecified atom stereocenters. The van der Waals surface area contributed by atoms with Gasteiger partial charge in [0.25, 0.3) is 0 Å². The van der Waals surface area contributed by atoms with Gasteiger partial charge >= 0.3 is 0 Å². The number of carbonyl (C=O) groups excluding carboxylic acids is 1. The molecule has 1 spiro atoms. The van der Waals surface area contributed by atoms with Gasteiger partial charge < -0.3 is 14.4 Å². The Hall–Kier alpha value is -1.43. The molecule has 132 valence electrons. The van der Waals surface area contributed by atoms with Gasteiger partial charge in [0.05, 0.1) is 19.8 Å². The first-order valence-electron chi connectivity index (χ1n) is 8.73. The van der Waals surface area contributed by atoms with Crippen molar-refractivity contribution in [2.24, 2.45) is 5.41 Å². The second-order valence-electron chi connectivity index (χ2n) is 7.24. The summed E-state index contributed by atoms with van der Waals surface area (Å²) >= 11 is 0. The van der Waals surface area contributed by atoms with E-state index in [2.05, 4.69) is 36.1 Å². The Morgan fingerprint density at radius 1 is 1.33 bits per heavy atom. The largest absolute Gasteiger partial charge is 0.383 e. The molecule has 2 saturated heterocycles. The maximum atomic E-state index is 12.4. The van der Waals surface area contributed by atoms with Gasteiger partial charge in [0.1, 0.15) is 0 Å². The Morgan fingerprint density at radius 3 is 3.00 bits per heavy atom. The smallest absolute Gasteiger partial charge is 0.223 e. The molecular weight excluding hydrogens is 304 g/mol. The molecule has 5 heteroatoms. The molecule has 1 aromatic rings. The molecule has 1 amide bonds. The molecule has 0 radical (unpaired) electrons. The lowest BCUT2D eigenvalue weighted by atomic mass is 9.87. The number of hydrogen-bond acceptors (Lipinski definition) is 4. The van der Waals surface area contributed by atoms with E-state index in [1.54, 1.807) is 7.11 Å². The summed E-state index contributed by atoms with van der Waals surface area (Å²) in [4.78, 5) is 16.7. The molecule has 5 nitrogen and oxygen atoms in total. The van der Waals surface area contributed by atoms with E-state index >= 15 is 0 Å². The monoisotopic (exact) mass is 332 g/mol. The average Bonchev–Trinajstić information content (AvgIpc) is 2.72. The topological polar surface area (TPSA) is 42.0 Å². The van der Waals surface area contributed by atoms with Gasteiger partial charge in [0.15, 0.2) is 0 Å². The standard InChI is InChI=1S/C19H28N2O3/c1-16-4-3-5-17(10-16)12-20-6-9-24-15-19(13-20)11-18(22)21(14-19)7-8-23-2/h3-5,10H,6-9,11-15H2,1-2H3/t19-/m0/s1. The number of methoxy groups -OCH3 is 1. The minimum Gasteiger partial charge on any atom is -0.383 e. The SMILES string of the molecule is COCCN1C[C@]2(COCCN(Cc3cccc(C)c3)C2)CC1=O. The highest BCUT2D eigenvalue weighted by Crippen LogP contribution is 2.34. The van der Waals surface area contributed by atoms with Crippen LogP contribution in [0.3, 0.4) is 0 Å². The minimum absolute atomic E-state index is 0.0782. The maximum Gasteiger partial charge on any atom is 0.223 e. The summed E-state index contributed by atoms with van der Waals surface area (Å²) in [6, 6.07) is 8.65. The van der Waals surface area contributed by atoms with Crippen LogP contribution in [0.4, 0.5) is 0 Å². The number of aryl methyl sites for hydroxylation is 1. The third-order valence-corrected chi connectivity index (χ3v) is 4.98. The van der Waals surface area contributed by atoms with Crippen molar-refractivity contribution in [1.82, 2.24) is 9.80 Å². The van der Waals surface area contributed by atoms with E-state index in [1.807, 2.05) is 4.90 Å². The van der Waals surface area contributed by atoms with Crippen LogP contribution < -0.4 is 0 Å². The number of benzene rings is 1. The second-order valence-corrected chi connectivity index (χ2v) is 7.24. The first-order chi connectivity index (χ1) is 11.6. The molecule has 2 aliphatic rings. The van der Waals surface area contributed by atoms with Crippen molar-refractivity contribution in [3.63, 3.8) is 0 Å². The highest BCUT2D eigenvalue weighted by atomic mass is 16.5. The summed E-state index contributed by atoms with van der Waals surface area (Å²) in [5, 5.41) is 0. The summed E-state index contributed by atoms with van der Waals surface area (Å²) in [6.07, 6.45) is 0.584. The van der Waals surface area contributed by atoms with Gasteiger partial charge in [0.2, 0.25) is 5.91 Å². The van der Waals surface area contributed by atoms with Crippen molar-refractivity contribution >= 4 is 5.91 Å². The zero-order chi connectivity index (χ0) is 17.0. The van der Waals surface area contributed by atoms with Crippen molar-refractivity contribution in [1.29, 1.82) is 0 Å². The molecule has 0 aliphatic carbocycles. The Morgan fingerprint density at radius 2 is 2.21 bits per heavy atom. The van der Waals surface area contributed by atoms with E-state index in [9.17, 15) is 4.79 Å². The fraction of sp³-hybridized carbons (Fsp3) is 0.632. The molecule has 0 saturated carbocycles. The first-order valence-corrected chi connectivity index (χ1v) is 8.73. The summed E-state index contributed by atoms with van der Waals surface area (Å²) in [5.41, 5.74) is 2.54. The van der Waals surface area contributed by atoms with E-state index in [-0.39, 0.29) is 11.3 Å². The molecule has 24 heavy (non-hydrogen) atoms. The van der Waals surface area contributed by atoms with Crippen LogP contribution in [0.25, 0.3) is 0 Å². The van der Waals surface area contributed by atoms with Gasteiger partial charge in [0, 0.05) is 51.7 Å². The summed E-state index contributed by atoms with van der Waals surface area (Å²) < 4.78 is 11.0. The van der Waals surface area contributed by atoms with Crippen molar-refractivity contribution in [2.45, 2.75) is 19.9 Å². The average molecular weight is 332 g/mol. The van der Waals surface area contributed by atoms with Gasteiger partial charge in [-0.15, -0.1) is 0 Å². The van der Waals surface area contributed by atoms with Gasteiger partial charge in [-0.05, 0) is 12.5 Å². The van der Waals surface area contributed by atoms with Crippen LogP contribution in [0.5, 0.6) is 0 Å². The van der Waals surface area contributed by atoms with E-state index in [0.29, 0.717) is 26.2 Å². The molecule has 3 rings (SSSR count). The van der Waals surface area contributed by atoms with Crippen LogP contribution in [0.2, 0.25) is 0 Å². The molecule has 2 heterocycles. The third-order valence-electron chi connectivity index (χ3n) is 4.98. The maximum absolute atomic E-state index is 12.4. The Balaban J connectivity index is 1.67. The van der Waals surface area contributed by atoms with Crippen LogP contribution in [0.1, 0.15) is 17.5 Å². The number of ether oxygens (including phenoxy) is 2. The van der Waals surface area contributed by atoms with Gasteiger partial charge in [-0.2, -0.15) is 0 Å². The number of likely N-dealkylation sites (tertiary alicyclic amines) is 1. The lowest BCUT2D eigenvalue weighted by molar-refractivity contribution is -0.128. The summed E-state index contributed by atoms with van der Waals surface area (Å²) in [5.74, 6) is 0.230. The number of carbonyl (C=O) groups is 1. The van der Waals surface area contributed by atoms with Crippen molar-refractivity contribution in [3.05, 3.63) is 35.4 Å². The molecule has 0 aromatic heterocycles. The molecule has 1 aromatic carbocycles. The number of rotatable bonds is 5. The van der Waals surface area contributed by atoms with Crippen LogP contribution in [0, 0.1) is 12.3 Å². The molecular formula is C19H28N2O3. The molecule has 0 N–H and O–H groups in total. The number of nitrogens with zero attached hydrogens (tertiary/aromatic N) is 2. The van der Waals surface area contributed by atoms with E-state index < -0.39 is 0 Å². The van der Waals surface area contributed by atoms with E-state index in [0.717, 1.165) is 32.8 Å². The van der Waals surface area contributed by atoms with Crippen LogP contribution >= 0.6 is 0 Å². The number of amides is 1. The fourth-order valence-electron chi connectivity index (χ4n) is 3.87. The fourth-order valence-corrected chi connectivity index (χ4v) is 3.87. The van der Waals surface area contributed by atoms with Gasteiger partial charge in [-0.3, -0.25) is 9.69 Å². The Labute approximate surface area is 144 Å². The zero-order valence-electron chi connectivity index (χ0n) is 14.8.